The lowest BCUT2D eigenvalue weighted by molar-refractivity contribution is -0.140. The third-order valence-corrected chi connectivity index (χ3v) is 6.70. The van der Waals surface area contributed by atoms with Crippen molar-refractivity contribution < 1.29 is 9.53 Å². The molecule has 3 radical (unpaired) electrons. The summed E-state index contributed by atoms with van der Waals surface area (Å²) in [5.74, 6) is -0.216. The minimum atomic E-state index is -2.04. The van der Waals surface area contributed by atoms with Gasteiger partial charge >= 0.3 is 5.97 Å². The zero-order chi connectivity index (χ0) is 14.4. The van der Waals surface area contributed by atoms with Crippen LogP contribution < -0.4 is 10.6 Å². The molecule has 0 bridgehead atoms. The minimum Gasteiger partial charge on any atom is -0.469 e. The number of esters is 1. The second-order valence-corrected chi connectivity index (χ2v) is 7.81. The van der Waals surface area contributed by atoms with Crippen LogP contribution in [0.1, 0.15) is 6.42 Å². The molecule has 0 saturated heterocycles. The number of hydrogen-bond donors (Lipinski definition) is 0. The van der Waals surface area contributed by atoms with E-state index in [2.05, 4.69) is 0 Å². The van der Waals surface area contributed by atoms with Gasteiger partial charge in [-0.15, -0.1) is 0 Å². The van der Waals surface area contributed by atoms with Crippen LogP contribution in [0.25, 0.3) is 0 Å². The molecule has 0 saturated carbocycles. The predicted octanol–water partition coefficient (Wildman–Crippen LogP) is 2.30. The molecule has 0 aromatic heterocycles. The van der Waals surface area contributed by atoms with Gasteiger partial charge in [0.15, 0.2) is 0 Å². The van der Waals surface area contributed by atoms with Gasteiger partial charge in [-0.1, -0.05) is 36.4 Å². The summed E-state index contributed by atoms with van der Waals surface area (Å²) in [7, 11) is 6.11. The molecule has 2 rings (SSSR count). The van der Waals surface area contributed by atoms with Gasteiger partial charge in [0.25, 0.3) is 0 Å². The zero-order valence-electron chi connectivity index (χ0n) is 11.5. The van der Waals surface area contributed by atoms with Crippen LogP contribution in [-0.2, 0) is 9.53 Å². The molecule has 2 aromatic carbocycles. The van der Waals surface area contributed by atoms with Gasteiger partial charge in [-0.05, 0) is 24.3 Å². The van der Waals surface area contributed by atoms with Gasteiger partial charge in [0, 0.05) is 16.8 Å². The van der Waals surface area contributed by atoms with E-state index in [1.165, 1.54) is 7.11 Å². The fourth-order valence-corrected chi connectivity index (χ4v) is 4.92. The lowest BCUT2D eigenvalue weighted by Crippen LogP contribution is -2.26. The quantitative estimate of drug-likeness (QED) is 0.478. The highest BCUT2D eigenvalue weighted by molar-refractivity contribution is 8.08. The molecule has 4 heteroatoms. The van der Waals surface area contributed by atoms with E-state index in [4.69, 9.17) is 12.3 Å². The van der Waals surface area contributed by atoms with Crippen molar-refractivity contribution in [2.75, 3.05) is 13.3 Å². The number of carbonyl (C=O) groups is 1. The normalized spacial score (nSPS) is 11.1. The van der Waals surface area contributed by atoms with E-state index in [0.29, 0.717) is 12.6 Å². The van der Waals surface area contributed by atoms with Gasteiger partial charge in [0.05, 0.1) is 13.5 Å². The van der Waals surface area contributed by atoms with Gasteiger partial charge in [0.1, 0.15) is 0 Å². The van der Waals surface area contributed by atoms with Crippen LogP contribution in [0.4, 0.5) is 0 Å². The fraction of sp³-hybridized carbons (Fsp3) is 0.188. The van der Waals surface area contributed by atoms with Crippen LogP contribution in [-0.4, -0.2) is 26.8 Å². The largest absolute Gasteiger partial charge is 0.469 e. The molecule has 0 aliphatic rings. The molecule has 0 amide bonds. The number of methoxy groups -OCH3 is 1. The van der Waals surface area contributed by atoms with Crippen molar-refractivity contribution in [3.05, 3.63) is 60.7 Å². The van der Waals surface area contributed by atoms with Crippen molar-refractivity contribution in [2.24, 2.45) is 0 Å². The van der Waals surface area contributed by atoms with Crippen LogP contribution in [0.15, 0.2) is 60.7 Å². The first-order chi connectivity index (χ1) is 9.66. The molecule has 2 nitrogen and oxygen atoms in total. The first-order valence-electron chi connectivity index (χ1n) is 6.51. The molecule has 0 atom stereocenters. The van der Waals surface area contributed by atoms with Crippen molar-refractivity contribution in [2.45, 2.75) is 6.42 Å². The molecule has 20 heavy (non-hydrogen) atoms. The van der Waals surface area contributed by atoms with Gasteiger partial charge in [0.2, 0.25) is 0 Å². The second-order valence-electron chi connectivity index (χ2n) is 4.59. The molecule has 0 heterocycles. The molecule has 0 fully saturated rings. The Bertz CT molecular complexity index is 518. The summed E-state index contributed by atoms with van der Waals surface area (Å²) in [5, 5.41) is 2.21. The van der Waals surface area contributed by atoms with Crippen LogP contribution in [0.2, 0.25) is 0 Å². The monoisotopic (exact) mass is 283 g/mol. The molecule has 101 valence electrons. The minimum absolute atomic E-state index is 0.216. The van der Waals surface area contributed by atoms with E-state index >= 15 is 0 Å². The van der Waals surface area contributed by atoms with Crippen molar-refractivity contribution in [3.63, 3.8) is 0 Å². The van der Waals surface area contributed by atoms with Gasteiger partial charge < -0.3 is 4.74 Å². The maximum atomic E-state index is 11.5. The van der Waals surface area contributed by atoms with Crippen molar-refractivity contribution in [3.8, 4) is 0 Å². The number of benzene rings is 2. The van der Waals surface area contributed by atoms with Gasteiger partial charge in [-0.2, -0.15) is 7.14 Å². The molecule has 2 aromatic rings. The second kappa shape index (κ2) is 6.72. The molecular weight excluding hydrogens is 266 g/mol. The molecule has 0 unspecified atom stereocenters. The molecular formula is C16H17BO2P. The highest BCUT2D eigenvalue weighted by atomic mass is 31.2. The van der Waals surface area contributed by atoms with Crippen molar-refractivity contribution in [1.29, 1.82) is 0 Å². The molecule has 0 aliphatic heterocycles. The highest BCUT2D eigenvalue weighted by Gasteiger charge is 2.25. The Morgan fingerprint density at radius 1 is 1.00 bits per heavy atom. The summed E-state index contributed by atoms with van der Waals surface area (Å²) >= 11 is 0. The zero-order valence-corrected chi connectivity index (χ0v) is 12.4. The number of rotatable bonds is 5. The Morgan fingerprint density at radius 3 is 1.85 bits per heavy atom. The Balaban J connectivity index is 2.36. The SMILES string of the molecule is [B-][P+](CCC(=O)OC)(c1ccccc1)c1ccccc1. The van der Waals surface area contributed by atoms with Crippen molar-refractivity contribution in [1.82, 2.24) is 0 Å². The fourth-order valence-electron chi connectivity index (χ4n) is 2.16. The standard InChI is InChI=1S/C16H17BO2P/c1-19-16(18)12-13-20(17,14-8-4-2-5-9-14)15-10-6-3-7-11-15/h2-11H,12-13H2,1H3. The Kier molecular flexibility index (Phi) is 4.97. The topological polar surface area (TPSA) is 26.3 Å². The van der Waals surface area contributed by atoms with Gasteiger partial charge in [-0.3, -0.25) is 12.4 Å². The summed E-state index contributed by atoms with van der Waals surface area (Å²) in [6.07, 6.45) is 0.957. The van der Waals surface area contributed by atoms with Crippen LogP contribution in [0.3, 0.4) is 0 Å². The smallest absolute Gasteiger partial charge is 0.309 e. The van der Waals surface area contributed by atoms with E-state index in [-0.39, 0.29) is 5.97 Å². The Hall–Kier alpha value is -1.60. The number of carbonyl (C=O) groups excluding carboxylic acids is 1. The third-order valence-electron chi connectivity index (χ3n) is 3.33. The lowest BCUT2D eigenvalue weighted by atomic mass is 10.4. The summed E-state index contributed by atoms with van der Waals surface area (Å²) in [5.41, 5.74) is 0. The summed E-state index contributed by atoms with van der Waals surface area (Å²) < 4.78 is 4.74. The third kappa shape index (κ3) is 3.29. The first-order valence-corrected chi connectivity index (χ1v) is 8.56. The summed E-state index contributed by atoms with van der Waals surface area (Å²) in [6, 6.07) is 20.0. The Morgan fingerprint density at radius 2 is 1.45 bits per heavy atom. The van der Waals surface area contributed by atoms with E-state index in [1.54, 1.807) is 0 Å². The van der Waals surface area contributed by atoms with Crippen LogP contribution in [0, 0.1) is 0 Å². The number of hydrogen-bond acceptors (Lipinski definition) is 2. The molecule has 0 aliphatic carbocycles. The summed E-state index contributed by atoms with van der Waals surface area (Å²) in [4.78, 5) is 11.5. The van der Waals surface area contributed by atoms with E-state index < -0.39 is 7.14 Å². The highest BCUT2D eigenvalue weighted by Crippen LogP contribution is 2.51. The lowest BCUT2D eigenvalue weighted by Gasteiger charge is -2.36. The van der Waals surface area contributed by atoms with Crippen LogP contribution >= 0.6 is 7.14 Å². The predicted molar refractivity (Wildman–Crippen MR) is 86.3 cm³/mol. The molecule has 0 N–H and O–H groups in total. The van der Waals surface area contributed by atoms with Crippen LogP contribution in [0.5, 0.6) is 0 Å². The average Bonchev–Trinajstić information content (AvgIpc) is 2.54. The van der Waals surface area contributed by atoms with Gasteiger partial charge in [-0.25, -0.2) is 0 Å². The van der Waals surface area contributed by atoms with E-state index in [9.17, 15) is 4.79 Å². The van der Waals surface area contributed by atoms with E-state index in [1.807, 2.05) is 60.7 Å². The average molecular weight is 283 g/mol. The summed E-state index contributed by atoms with van der Waals surface area (Å²) in [6.45, 7) is 0. The van der Waals surface area contributed by atoms with Crippen molar-refractivity contribution >= 4 is 31.3 Å². The first kappa shape index (κ1) is 14.8. The Labute approximate surface area is 121 Å². The maximum Gasteiger partial charge on any atom is 0.309 e. The number of ether oxygens (including phenoxy) is 1. The molecule has 0 spiro atoms. The maximum absolute atomic E-state index is 11.5. The van der Waals surface area contributed by atoms with E-state index in [0.717, 1.165) is 10.6 Å².